The van der Waals surface area contributed by atoms with Gasteiger partial charge in [-0.2, -0.15) is 0 Å². The van der Waals surface area contributed by atoms with Crippen LogP contribution in [0.25, 0.3) is 10.9 Å². The minimum Gasteiger partial charge on any atom is -0.465 e. The van der Waals surface area contributed by atoms with Crippen LogP contribution in [-0.2, 0) is 11.3 Å². The van der Waals surface area contributed by atoms with E-state index in [-0.39, 0.29) is 24.1 Å². The Morgan fingerprint density at radius 1 is 1.17 bits per heavy atom. The Bertz CT molecular complexity index is 1100. The van der Waals surface area contributed by atoms with Gasteiger partial charge in [-0.1, -0.05) is 18.2 Å². The normalized spacial score (nSPS) is 13.2. The van der Waals surface area contributed by atoms with Gasteiger partial charge in [0.2, 0.25) is 0 Å². The highest BCUT2D eigenvalue weighted by molar-refractivity contribution is 6.07. The maximum Gasteiger partial charge on any atom is 0.337 e. The Morgan fingerprint density at radius 2 is 1.97 bits per heavy atom. The molecule has 1 aromatic heterocycles. The molecule has 2 N–H and O–H groups in total. The molecule has 6 nitrogen and oxygen atoms in total. The van der Waals surface area contributed by atoms with Crippen molar-refractivity contribution in [2.24, 2.45) is 0 Å². The van der Waals surface area contributed by atoms with Gasteiger partial charge in [-0.3, -0.25) is 4.79 Å². The third-order valence-electron chi connectivity index (χ3n) is 4.80. The zero-order valence-electron chi connectivity index (χ0n) is 15.9. The van der Waals surface area contributed by atoms with Crippen molar-refractivity contribution in [3.8, 4) is 0 Å². The summed E-state index contributed by atoms with van der Waals surface area (Å²) in [7, 11) is 1.27. The van der Waals surface area contributed by atoms with Gasteiger partial charge in [-0.05, 0) is 43.2 Å². The molecule has 0 bridgehead atoms. The molecule has 0 radical (unpaired) electrons. The number of carbonyl (C=O) groups is 2. The number of aromatic nitrogens is 1. The molecular formula is C22H20FN3O3. The minimum atomic E-state index is -0.533. The first-order valence-corrected chi connectivity index (χ1v) is 9.36. The highest BCUT2D eigenvalue weighted by atomic mass is 19.1. The molecule has 4 rings (SSSR count). The molecule has 148 valence electrons. The molecule has 1 fully saturated rings. The van der Waals surface area contributed by atoms with Crippen LogP contribution in [0.1, 0.15) is 39.1 Å². The van der Waals surface area contributed by atoms with Crippen molar-refractivity contribution in [3.63, 3.8) is 0 Å². The molecule has 0 saturated heterocycles. The number of anilines is 1. The van der Waals surface area contributed by atoms with Gasteiger partial charge >= 0.3 is 5.97 Å². The molecule has 2 aromatic carbocycles. The third kappa shape index (κ3) is 4.18. The van der Waals surface area contributed by atoms with Crippen molar-refractivity contribution in [2.45, 2.75) is 25.4 Å². The quantitative estimate of drug-likeness (QED) is 0.625. The number of hydrogen-bond acceptors (Lipinski definition) is 5. The molecule has 1 aliphatic carbocycles. The van der Waals surface area contributed by atoms with Crippen LogP contribution in [0.4, 0.5) is 10.2 Å². The molecule has 1 amide bonds. The fourth-order valence-electron chi connectivity index (χ4n) is 3.09. The SMILES string of the molecule is COC(=O)c1ccc(F)c(CNc2cc(C(=O)NC3CC3)c3ccccc3n2)c1. The Kier molecular flexibility index (Phi) is 5.12. The molecule has 7 heteroatoms. The number of fused-ring (bicyclic) bond motifs is 1. The first-order chi connectivity index (χ1) is 14.0. The fraction of sp³-hybridized carbons (Fsp3) is 0.227. The summed E-state index contributed by atoms with van der Waals surface area (Å²) in [6.07, 6.45) is 1.99. The maximum atomic E-state index is 14.2. The number of amides is 1. The second-order valence-corrected chi connectivity index (χ2v) is 6.97. The summed E-state index contributed by atoms with van der Waals surface area (Å²) in [4.78, 5) is 28.9. The number of halogens is 1. The number of benzene rings is 2. The van der Waals surface area contributed by atoms with Crippen LogP contribution in [0, 0.1) is 5.82 Å². The van der Waals surface area contributed by atoms with Crippen molar-refractivity contribution in [1.82, 2.24) is 10.3 Å². The van der Waals surface area contributed by atoms with Crippen molar-refractivity contribution < 1.29 is 18.7 Å². The predicted octanol–water partition coefficient (Wildman–Crippen LogP) is 3.66. The first-order valence-electron chi connectivity index (χ1n) is 9.36. The Hall–Kier alpha value is -3.48. The van der Waals surface area contributed by atoms with E-state index in [0.29, 0.717) is 22.5 Å². The van der Waals surface area contributed by atoms with Crippen LogP contribution in [-0.4, -0.2) is 30.0 Å². The van der Waals surface area contributed by atoms with Gasteiger partial charge in [-0.25, -0.2) is 14.2 Å². The van der Waals surface area contributed by atoms with Crippen LogP contribution in [0.5, 0.6) is 0 Å². The van der Waals surface area contributed by atoms with Crippen LogP contribution in [0.2, 0.25) is 0 Å². The zero-order chi connectivity index (χ0) is 20.4. The van der Waals surface area contributed by atoms with E-state index in [1.807, 2.05) is 24.3 Å². The number of rotatable bonds is 6. The third-order valence-corrected chi connectivity index (χ3v) is 4.80. The lowest BCUT2D eigenvalue weighted by molar-refractivity contribution is 0.0600. The number of pyridine rings is 1. The number of ether oxygens (including phenoxy) is 1. The molecule has 1 aliphatic rings. The second kappa shape index (κ2) is 7.87. The van der Waals surface area contributed by atoms with E-state index in [2.05, 4.69) is 20.4 Å². The average Bonchev–Trinajstić information content (AvgIpc) is 3.55. The minimum absolute atomic E-state index is 0.103. The summed E-state index contributed by atoms with van der Waals surface area (Å²) in [5, 5.41) is 6.81. The van der Waals surface area contributed by atoms with E-state index < -0.39 is 11.8 Å². The van der Waals surface area contributed by atoms with Gasteiger partial charge in [0.25, 0.3) is 5.91 Å². The van der Waals surface area contributed by atoms with E-state index >= 15 is 0 Å². The molecule has 1 heterocycles. The number of nitrogens with one attached hydrogen (secondary N) is 2. The highest BCUT2D eigenvalue weighted by Crippen LogP contribution is 2.24. The van der Waals surface area contributed by atoms with Crippen LogP contribution in [0.15, 0.2) is 48.5 Å². The topological polar surface area (TPSA) is 80.3 Å². The maximum absolute atomic E-state index is 14.2. The first kappa shape index (κ1) is 18.9. The number of methoxy groups -OCH3 is 1. The Balaban J connectivity index is 1.61. The van der Waals surface area contributed by atoms with E-state index in [4.69, 9.17) is 0 Å². The van der Waals surface area contributed by atoms with E-state index in [0.717, 1.165) is 18.2 Å². The van der Waals surface area contributed by atoms with Crippen LogP contribution in [0.3, 0.4) is 0 Å². The molecule has 0 atom stereocenters. The van der Waals surface area contributed by atoms with Crippen molar-refractivity contribution in [2.75, 3.05) is 12.4 Å². The lowest BCUT2D eigenvalue weighted by Gasteiger charge is -2.12. The lowest BCUT2D eigenvalue weighted by Crippen LogP contribution is -2.25. The van der Waals surface area contributed by atoms with Gasteiger partial charge in [0.05, 0.1) is 23.8 Å². The number of nitrogens with zero attached hydrogens (tertiary/aromatic N) is 1. The van der Waals surface area contributed by atoms with Crippen LogP contribution < -0.4 is 10.6 Å². The summed E-state index contributed by atoms with van der Waals surface area (Å²) in [5.41, 5.74) is 1.75. The van der Waals surface area contributed by atoms with E-state index in [1.54, 1.807) is 6.07 Å². The monoisotopic (exact) mass is 393 g/mol. The molecule has 0 aliphatic heterocycles. The molecular weight excluding hydrogens is 373 g/mol. The lowest BCUT2D eigenvalue weighted by atomic mass is 10.1. The summed E-state index contributed by atoms with van der Waals surface area (Å²) < 4.78 is 18.9. The van der Waals surface area contributed by atoms with Crippen molar-refractivity contribution in [1.29, 1.82) is 0 Å². The number of esters is 1. The molecule has 29 heavy (non-hydrogen) atoms. The Labute approximate surface area is 167 Å². The summed E-state index contributed by atoms with van der Waals surface area (Å²) in [6, 6.07) is 13.3. The molecule has 1 saturated carbocycles. The van der Waals surface area contributed by atoms with Crippen molar-refractivity contribution >= 4 is 28.6 Å². The Morgan fingerprint density at radius 3 is 2.72 bits per heavy atom. The number of para-hydroxylation sites is 1. The van der Waals surface area contributed by atoms with Gasteiger partial charge in [0.15, 0.2) is 0 Å². The fourth-order valence-corrected chi connectivity index (χ4v) is 3.09. The van der Waals surface area contributed by atoms with E-state index in [1.165, 1.54) is 25.3 Å². The summed E-state index contributed by atoms with van der Waals surface area (Å²) in [6.45, 7) is 0.103. The highest BCUT2D eigenvalue weighted by Gasteiger charge is 2.25. The number of carbonyl (C=O) groups excluding carboxylic acids is 2. The predicted molar refractivity (Wildman–Crippen MR) is 107 cm³/mol. The number of hydrogen-bond donors (Lipinski definition) is 2. The standard InChI is InChI=1S/C22H20FN3O3/c1-29-22(28)13-6-9-18(23)14(10-13)12-24-20-11-17(21(27)25-15-7-8-15)16-4-2-3-5-19(16)26-20/h2-6,9-11,15H,7-8,12H2,1H3,(H,24,26)(H,25,27). The van der Waals surface area contributed by atoms with Gasteiger partial charge in [-0.15, -0.1) is 0 Å². The molecule has 0 unspecified atom stereocenters. The molecule has 3 aromatic rings. The second-order valence-electron chi connectivity index (χ2n) is 6.97. The largest absolute Gasteiger partial charge is 0.465 e. The van der Waals surface area contributed by atoms with Gasteiger partial charge in [0.1, 0.15) is 11.6 Å². The average molecular weight is 393 g/mol. The summed E-state index contributed by atoms with van der Waals surface area (Å²) in [5.74, 6) is -0.674. The van der Waals surface area contributed by atoms with Crippen molar-refractivity contribution in [3.05, 3.63) is 71.0 Å². The summed E-state index contributed by atoms with van der Waals surface area (Å²) >= 11 is 0. The molecule has 0 spiro atoms. The van der Waals surface area contributed by atoms with E-state index in [9.17, 15) is 14.0 Å². The van der Waals surface area contributed by atoms with Crippen LogP contribution >= 0.6 is 0 Å². The zero-order valence-corrected chi connectivity index (χ0v) is 15.9. The smallest absolute Gasteiger partial charge is 0.337 e. The van der Waals surface area contributed by atoms with Gasteiger partial charge in [0, 0.05) is 23.5 Å². The van der Waals surface area contributed by atoms with Gasteiger partial charge < -0.3 is 15.4 Å².